The molecule has 0 heterocycles. The van der Waals surface area contributed by atoms with E-state index in [2.05, 4.69) is 0 Å². The molecule has 0 bridgehead atoms. The fourth-order valence-electron chi connectivity index (χ4n) is 1.80. The van der Waals surface area contributed by atoms with Gasteiger partial charge in [0.05, 0.1) is 19.4 Å². The van der Waals surface area contributed by atoms with Crippen LogP contribution in [0.25, 0.3) is 0 Å². The second kappa shape index (κ2) is 12.5. The second-order valence-electron chi connectivity index (χ2n) is 4.69. The molecule has 0 fully saturated rings. The zero-order valence-electron chi connectivity index (χ0n) is 14.4. The van der Waals surface area contributed by atoms with E-state index in [1.807, 2.05) is 4.90 Å². The fourth-order valence-corrected chi connectivity index (χ4v) is 3.44. The topological polar surface area (TPSA) is 91.4 Å². The normalized spacial score (nSPS) is 11.5. The van der Waals surface area contributed by atoms with E-state index in [1.165, 1.54) is 13.8 Å². The minimum absolute atomic E-state index is 0.211. The Hall–Kier alpha value is -0.950. The lowest BCUT2D eigenvalue weighted by atomic mass is 10.4. The molecular formula is C14H28NO7P. The number of hydrogen-bond donors (Lipinski definition) is 0. The molecule has 0 aromatic carbocycles. The van der Waals surface area contributed by atoms with Gasteiger partial charge in [-0.3, -0.25) is 19.1 Å². The van der Waals surface area contributed by atoms with E-state index in [1.54, 1.807) is 13.8 Å². The number of hydrogen-bond acceptors (Lipinski definition) is 8. The molecule has 0 saturated carbocycles. The highest BCUT2D eigenvalue weighted by Gasteiger charge is 2.24. The molecule has 0 aromatic rings. The van der Waals surface area contributed by atoms with Gasteiger partial charge in [-0.1, -0.05) is 0 Å². The summed E-state index contributed by atoms with van der Waals surface area (Å²) in [4.78, 5) is 23.5. The van der Waals surface area contributed by atoms with Crippen LogP contribution < -0.4 is 0 Å². The van der Waals surface area contributed by atoms with Crippen molar-refractivity contribution in [1.29, 1.82) is 0 Å². The van der Waals surface area contributed by atoms with Gasteiger partial charge in [0.1, 0.15) is 13.2 Å². The van der Waals surface area contributed by atoms with E-state index in [9.17, 15) is 14.2 Å². The van der Waals surface area contributed by atoms with Crippen LogP contribution in [0.1, 0.15) is 27.7 Å². The van der Waals surface area contributed by atoms with Crippen LogP contribution in [0.5, 0.6) is 0 Å². The first-order chi connectivity index (χ1) is 10.8. The predicted octanol–water partition coefficient (Wildman–Crippen LogP) is 1.68. The first kappa shape index (κ1) is 22.1. The summed E-state index contributed by atoms with van der Waals surface area (Å²) < 4.78 is 32.7. The molecule has 0 amide bonds. The number of esters is 2. The Morgan fingerprint density at radius 2 is 1.30 bits per heavy atom. The Labute approximate surface area is 137 Å². The van der Waals surface area contributed by atoms with E-state index >= 15 is 0 Å². The van der Waals surface area contributed by atoms with Gasteiger partial charge < -0.3 is 18.5 Å². The van der Waals surface area contributed by atoms with Gasteiger partial charge in [-0.25, -0.2) is 0 Å². The van der Waals surface area contributed by atoms with Crippen molar-refractivity contribution in [3.05, 3.63) is 0 Å². The zero-order chi connectivity index (χ0) is 17.7. The lowest BCUT2D eigenvalue weighted by Gasteiger charge is -2.24. The maximum Gasteiger partial charge on any atom is 0.331 e. The summed E-state index contributed by atoms with van der Waals surface area (Å²) in [6.45, 7) is 8.51. The van der Waals surface area contributed by atoms with E-state index in [-0.39, 0.29) is 31.3 Å². The Morgan fingerprint density at radius 3 is 1.65 bits per heavy atom. The number of carbonyl (C=O) groups is 2. The summed E-state index contributed by atoms with van der Waals surface area (Å²) in [6, 6.07) is 0. The molecule has 0 N–H and O–H groups in total. The van der Waals surface area contributed by atoms with Gasteiger partial charge in [0.2, 0.25) is 0 Å². The molecule has 0 atom stereocenters. The van der Waals surface area contributed by atoms with Crippen molar-refractivity contribution < 1.29 is 32.7 Å². The van der Waals surface area contributed by atoms with Crippen LogP contribution in [0.15, 0.2) is 0 Å². The van der Waals surface area contributed by atoms with E-state index in [0.29, 0.717) is 32.8 Å². The van der Waals surface area contributed by atoms with Gasteiger partial charge >= 0.3 is 19.5 Å². The van der Waals surface area contributed by atoms with Crippen molar-refractivity contribution in [3.8, 4) is 0 Å². The molecule has 0 aliphatic heterocycles. The lowest BCUT2D eigenvalue weighted by Crippen LogP contribution is -2.34. The molecule has 0 saturated heterocycles. The van der Waals surface area contributed by atoms with Crippen molar-refractivity contribution in [2.45, 2.75) is 27.7 Å². The predicted molar refractivity (Wildman–Crippen MR) is 85.4 cm³/mol. The number of rotatable bonds is 13. The third-order valence-electron chi connectivity index (χ3n) is 2.77. The first-order valence-electron chi connectivity index (χ1n) is 7.70. The van der Waals surface area contributed by atoms with Crippen LogP contribution in [0.4, 0.5) is 0 Å². The van der Waals surface area contributed by atoms with E-state index in [4.69, 9.17) is 18.5 Å². The second-order valence-corrected chi connectivity index (χ2v) is 6.88. The number of ether oxygens (including phenoxy) is 2. The molecular weight excluding hydrogens is 325 g/mol. The van der Waals surface area contributed by atoms with Crippen LogP contribution in [0.3, 0.4) is 0 Å². The average Bonchev–Trinajstić information content (AvgIpc) is 2.44. The first-order valence-corrected chi connectivity index (χ1v) is 9.43. The Bertz CT molecular complexity index is 373. The highest BCUT2D eigenvalue weighted by atomic mass is 31.2. The van der Waals surface area contributed by atoms with Gasteiger partial charge in [0.15, 0.2) is 0 Å². The van der Waals surface area contributed by atoms with Crippen LogP contribution in [-0.4, -0.2) is 69.1 Å². The third-order valence-corrected chi connectivity index (χ3v) is 4.82. The lowest BCUT2D eigenvalue weighted by molar-refractivity contribution is -0.141. The smallest absolute Gasteiger partial charge is 0.331 e. The van der Waals surface area contributed by atoms with Crippen molar-refractivity contribution in [2.24, 2.45) is 0 Å². The van der Waals surface area contributed by atoms with Gasteiger partial charge in [-0.05, 0) is 13.8 Å². The Balaban J connectivity index is 4.48. The molecule has 0 aliphatic carbocycles. The molecule has 0 aromatic heterocycles. The highest BCUT2D eigenvalue weighted by molar-refractivity contribution is 7.53. The minimum atomic E-state index is -3.13. The summed E-state index contributed by atoms with van der Waals surface area (Å²) in [7, 11) is -3.13. The van der Waals surface area contributed by atoms with Crippen molar-refractivity contribution >= 4 is 19.5 Å². The van der Waals surface area contributed by atoms with E-state index < -0.39 is 7.60 Å². The van der Waals surface area contributed by atoms with Crippen LogP contribution in [0.2, 0.25) is 0 Å². The number of nitrogens with zero attached hydrogens (tertiary/aromatic N) is 1. The summed E-state index contributed by atoms with van der Waals surface area (Å²) in [6.07, 6.45) is 0.217. The SMILES string of the molecule is CCOP(=O)(CCN(CCOC(C)=O)CCOC(C)=O)OCC. The van der Waals surface area contributed by atoms with Gasteiger partial charge in [0.25, 0.3) is 0 Å². The largest absolute Gasteiger partial charge is 0.465 e. The summed E-state index contributed by atoms with van der Waals surface area (Å²) in [5, 5.41) is 0. The molecule has 0 aliphatic rings. The molecule has 9 heteroatoms. The van der Waals surface area contributed by atoms with Crippen LogP contribution >= 0.6 is 7.60 Å². The van der Waals surface area contributed by atoms with Crippen molar-refractivity contribution in [1.82, 2.24) is 4.90 Å². The molecule has 136 valence electrons. The maximum atomic E-state index is 12.4. The molecule has 0 radical (unpaired) electrons. The fraction of sp³-hybridized carbons (Fsp3) is 0.857. The molecule has 23 heavy (non-hydrogen) atoms. The van der Waals surface area contributed by atoms with Gasteiger partial charge in [-0.15, -0.1) is 0 Å². The van der Waals surface area contributed by atoms with Crippen LogP contribution in [-0.2, 0) is 32.7 Å². The average molecular weight is 353 g/mol. The van der Waals surface area contributed by atoms with Crippen molar-refractivity contribution in [2.75, 3.05) is 52.2 Å². The van der Waals surface area contributed by atoms with Crippen molar-refractivity contribution in [3.63, 3.8) is 0 Å². The molecule has 0 rings (SSSR count). The quantitative estimate of drug-likeness (QED) is 0.365. The van der Waals surface area contributed by atoms with Gasteiger partial charge in [0, 0.05) is 33.5 Å². The van der Waals surface area contributed by atoms with Crippen LogP contribution in [0, 0.1) is 0 Å². The summed E-state index contributed by atoms with van der Waals surface area (Å²) in [5.74, 6) is -0.724. The summed E-state index contributed by atoms with van der Waals surface area (Å²) in [5.41, 5.74) is 0. The number of carbonyl (C=O) groups excluding carboxylic acids is 2. The summed E-state index contributed by atoms with van der Waals surface area (Å²) >= 11 is 0. The zero-order valence-corrected chi connectivity index (χ0v) is 15.3. The standard InChI is InChI=1S/C14H28NO7P/c1-5-21-23(18,22-6-2)12-9-15(7-10-19-13(3)16)8-11-20-14(4)17/h5-12H2,1-4H3. The highest BCUT2D eigenvalue weighted by Crippen LogP contribution is 2.47. The Morgan fingerprint density at radius 1 is 0.870 bits per heavy atom. The minimum Gasteiger partial charge on any atom is -0.465 e. The molecule has 8 nitrogen and oxygen atoms in total. The monoisotopic (exact) mass is 353 g/mol. The van der Waals surface area contributed by atoms with E-state index in [0.717, 1.165) is 0 Å². The Kier molecular flexibility index (Phi) is 12.0. The molecule has 0 unspecified atom stereocenters. The van der Waals surface area contributed by atoms with Gasteiger partial charge in [-0.2, -0.15) is 0 Å². The molecule has 0 spiro atoms. The maximum absolute atomic E-state index is 12.4. The third kappa shape index (κ3) is 12.2.